The average molecular weight is 308 g/mol. The van der Waals surface area contributed by atoms with Crippen molar-refractivity contribution >= 4 is 5.97 Å². The topological polar surface area (TPSA) is 72.2 Å². The van der Waals surface area contributed by atoms with Gasteiger partial charge in [0.1, 0.15) is 11.6 Å². The number of pyridine rings is 1. The minimum absolute atomic E-state index is 0.206. The van der Waals surface area contributed by atoms with Crippen LogP contribution in [0, 0.1) is 11.3 Å². The van der Waals surface area contributed by atoms with Gasteiger partial charge in [-0.3, -0.25) is 0 Å². The van der Waals surface area contributed by atoms with Gasteiger partial charge in [-0.15, -0.1) is 0 Å². The Morgan fingerprint density at radius 3 is 2.70 bits per heavy atom. The van der Waals surface area contributed by atoms with Crippen molar-refractivity contribution in [3.63, 3.8) is 0 Å². The molecule has 0 N–H and O–H groups in total. The number of hydrogen-bond donors (Lipinski definition) is 0. The van der Waals surface area contributed by atoms with Crippen molar-refractivity contribution in [2.24, 2.45) is 0 Å². The number of methoxy groups -OCH3 is 1. The van der Waals surface area contributed by atoms with Crippen LogP contribution in [0.25, 0.3) is 11.3 Å². The highest BCUT2D eigenvalue weighted by atomic mass is 16.6. The highest BCUT2D eigenvalue weighted by Gasteiger charge is 2.25. The Labute approximate surface area is 134 Å². The summed E-state index contributed by atoms with van der Waals surface area (Å²) in [6, 6.07) is 12.0. The fraction of sp³-hybridized carbons (Fsp3) is 0.278. The lowest BCUT2D eigenvalue weighted by Gasteiger charge is -2.14. The number of ether oxygens (including phenoxy) is 2. The molecule has 5 nitrogen and oxygen atoms in total. The summed E-state index contributed by atoms with van der Waals surface area (Å²) in [5, 5.41) is 9.48. The lowest BCUT2D eigenvalue weighted by atomic mass is 9.99. The summed E-state index contributed by atoms with van der Waals surface area (Å²) >= 11 is 0. The zero-order valence-electron chi connectivity index (χ0n) is 12.8. The zero-order valence-corrected chi connectivity index (χ0v) is 12.8. The van der Waals surface area contributed by atoms with Gasteiger partial charge in [-0.25, -0.2) is 9.78 Å². The molecule has 1 aromatic carbocycles. The Hall–Kier alpha value is -2.87. The van der Waals surface area contributed by atoms with E-state index in [0.29, 0.717) is 5.56 Å². The normalized spacial score (nSPS) is 12.3. The Bertz CT molecular complexity index is 779. The minimum atomic E-state index is -0.502. The van der Waals surface area contributed by atoms with Crippen LogP contribution in [0.1, 0.15) is 23.1 Å². The van der Waals surface area contributed by atoms with Gasteiger partial charge in [-0.1, -0.05) is 30.3 Å². The molecule has 0 aliphatic heterocycles. The number of nitrogens with zero attached hydrogens (tertiary/aromatic N) is 2. The van der Waals surface area contributed by atoms with Crippen molar-refractivity contribution in [3.05, 3.63) is 47.0 Å². The van der Waals surface area contributed by atoms with E-state index >= 15 is 0 Å². The smallest absolute Gasteiger partial charge is 0.343 e. The number of benzene rings is 1. The van der Waals surface area contributed by atoms with Crippen LogP contribution in [0.15, 0.2) is 30.3 Å². The van der Waals surface area contributed by atoms with Gasteiger partial charge < -0.3 is 9.47 Å². The molecule has 0 saturated carbocycles. The second-order valence-electron chi connectivity index (χ2n) is 5.29. The number of esters is 1. The Balaban J connectivity index is 2.09. The van der Waals surface area contributed by atoms with Crippen LogP contribution in [0.2, 0.25) is 0 Å². The molecule has 5 heteroatoms. The summed E-state index contributed by atoms with van der Waals surface area (Å²) < 4.78 is 10.0. The molecule has 1 heterocycles. The van der Waals surface area contributed by atoms with Gasteiger partial charge in [-0.05, 0) is 30.4 Å². The van der Waals surface area contributed by atoms with E-state index in [4.69, 9.17) is 4.74 Å². The molecule has 0 amide bonds. The minimum Gasteiger partial charge on any atom is -0.466 e. The first-order valence-electron chi connectivity index (χ1n) is 7.45. The molecule has 3 rings (SSSR count). The second kappa shape index (κ2) is 6.49. The van der Waals surface area contributed by atoms with Gasteiger partial charge in [0.15, 0.2) is 6.61 Å². The predicted octanol–water partition coefficient (Wildman–Crippen LogP) is 2.66. The fourth-order valence-electron chi connectivity index (χ4n) is 2.88. The SMILES string of the molecule is COC(=O)COc1nc(-c2ccccc2)c2c(c1C#N)CCC2. The molecule has 1 aromatic heterocycles. The van der Waals surface area contributed by atoms with Gasteiger partial charge in [0, 0.05) is 5.56 Å². The summed E-state index contributed by atoms with van der Waals surface area (Å²) in [5.74, 6) is -0.296. The first-order valence-corrected chi connectivity index (χ1v) is 7.45. The molecule has 0 saturated heterocycles. The van der Waals surface area contributed by atoms with E-state index in [0.717, 1.165) is 41.6 Å². The summed E-state index contributed by atoms with van der Waals surface area (Å²) in [6.45, 7) is -0.259. The van der Waals surface area contributed by atoms with Gasteiger partial charge in [0.25, 0.3) is 0 Å². The van der Waals surface area contributed by atoms with Crippen LogP contribution in [0.5, 0.6) is 5.88 Å². The quantitative estimate of drug-likeness (QED) is 0.812. The van der Waals surface area contributed by atoms with Gasteiger partial charge >= 0.3 is 5.97 Å². The lowest BCUT2D eigenvalue weighted by Crippen LogP contribution is -2.15. The molecule has 1 aliphatic carbocycles. The molecule has 1 aliphatic rings. The van der Waals surface area contributed by atoms with Crippen molar-refractivity contribution in [1.29, 1.82) is 5.26 Å². The van der Waals surface area contributed by atoms with Crippen LogP contribution >= 0.6 is 0 Å². The van der Waals surface area contributed by atoms with Crippen LogP contribution in [-0.2, 0) is 22.4 Å². The number of carbonyl (C=O) groups is 1. The van der Waals surface area contributed by atoms with E-state index in [1.807, 2.05) is 30.3 Å². The molecular weight excluding hydrogens is 292 g/mol. The number of aromatic nitrogens is 1. The number of nitriles is 1. The van der Waals surface area contributed by atoms with E-state index in [-0.39, 0.29) is 12.5 Å². The number of carbonyl (C=O) groups excluding carboxylic acids is 1. The standard InChI is InChI=1S/C18H16N2O3/c1-22-16(21)11-23-18-15(10-19)13-8-5-9-14(13)17(20-18)12-6-3-2-4-7-12/h2-4,6-7H,5,8-9,11H2,1H3. The predicted molar refractivity (Wildman–Crippen MR) is 83.9 cm³/mol. The summed E-state index contributed by atoms with van der Waals surface area (Å²) in [7, 11) is 1.29. The molecule has 0 radical (unpaired) electrons. The van der Waals surface area contributed by atoms with Gasteiger partial charge in [0.05, 0.1) is 12.8 Å². The molecule has 0 atom stereocenters. The van der Waals surface area contributed by atoms with E-state index < -0.39 is 5.97 Å². The van der Waals surface area contributed by atoms with Crippen molar-refractivity contribution in [3.8, 4) is 23.2 Å². The number of rotatable bonds is 4. The van der Waals surface area contributed by atoms with Gasteiger partial charge in [0.2, 0.25) is 5.88 Å². The van der Waals surface area contributed by atoms with Gasteiger partial charge in [-0.2, -0.15) is 5.26 Å². The van der Waals surface area contributed by atoms with Crippen LogP contribution in [0.4, 0.5) is 0 Å². The Morgan fingerprint density at radius 1 is 1.26 bits per heavy atom. The van der Waals surface area contributed by atoms with Crippen molar-refractivity contribution in [2.45, 2.75) is 19.3 Å². The summed E-state index contributed by atoms with van der Waals surface area (Å²) in [4.78, 5) is 15.9. The highest BCUT2D eigenvalue weighted by Crippen LogP contribution is 2.36. The van der Waals surface area contributed by atoms with Crippen molar-refractivity contribution in [1.82, 2.24) is 4.98 Å². The monoisotopic (exact) mass is 308 g/mol. The van der Waals surface area contributed by atoms with E-state index in [9.17, 15) is 10.1 Å². The van der Waals surface area contributed by atoms with Crippen molar-refractivity contribution < 1.29 is 14.3 Å². The van der Waals surface area contributed by atoms with E-state index in [2.05, 4.69) is 15.8 Å². The summed E-state index contributed by atoms with van der Waals surface area (Å²) in [6.07, 6.45) is 2.72. The van der Waals surface area contributed by atoms with Crippen molar-refractivity contribution in [2.75, 3.05) is 13.7 Å². The third-order valence-corrected chi connectivity index (χ3v) is 3.95. The number of fused-ring (bicyclic) bond motifs is 1. The van der Waals surface area contributed by atoms with Crippen LogP contribution < -0.4 is 4.74 Å². The Kier molecular flexibility index (Phi) is 4.24. The average Bonchev–Trinajstić information content (AvgIpc) is 3.08. The zero-order chi connectivity index (χ0) is 16.2. The summed E-state index contributed by atoms with van der Waals surface area (Å²) in [5.41, 5.74) is 4.34. The third-order valence-electron chi connectivity index (χ3n) is 3.95. The maximum absolute atomic E-state index is 11.3. The first-order chi connectivity index (χ1) is 11.2. The van der Waals surface area contributed by atoms with Crippen LogP contribution in [0.3, 0.4) is 0 Å². The third kappa shape index (κ3) is 2.88. The number of hydrogen-bond acceptors (Lipinski definition) is 5. The molecule has 0 bridgehead atoms. The lowest BCUT2D eigenvalue weighted by molar-refractivity contribution is -0.143. The molecule has 23 heavy (non-hydrogen) atoms. The fourth-order valence-corrected chi connectivity index (χ4v) is 2.88. The largest absolute Gasteiger partial charge is 0.466 e. The molecule has 2 aromatic rings. The second-order valence-corrected chi connectivity index (χ2v) is 5.29. The molecule has 0 spiro atoms. The highest BCUT2D eigenvalue weighted by molar-refractivity contribution is 5.72. The Morgan fingerprint density at radius 2 is 2.00 bits per heavy atom. The maximum atomic E-state index is 11.3. The first kappa shape index (κ1) is 15.0. The van der Waals surface area contributed by atoms with E-state index in [1.165, 1.54) is 7.11 Å². The van der Waals surface area contributed by atoms with E-state index in [1.54, 1.807) is 0 Å². The molecule has 116 valence electrons. The molecule has 0 unspecified atom stereocenters. The maximum Gasteiger partial charge on any atom is 0.343 e. The van der Waals surface area contributed by atoms with Crippen LogP contribution in [-0.4, -0.2) is 24.7 Å². The molecular formula is C18H16N2O3. The molecule has 0 fully saturated rings.